The van der Waals surface area contributed by atoms with Crippen molar-refractivity contribution in [3.63, 3.8) is 0 Å². The van der Waals surface area contributed by atoms with Gasteiger partial charge in [0.25, 0.3) is 0 Å². The zero-order valence-corrected chi connectivity index (χ0v) is 15.7. The minimum atomic E-state index is 0. The molecular formula is C15H27IN4O2. The van der Waals surface area contributed by atoms with Gasteiger partial charge in [0.2, 0.25) is 5.91 Å². The van der Waals surface area contributed by atoms with Crippen LogP contribution in [-0.2, 0) is 11.2 Å². The Morgan fingerprint density at radius 2 is 1.95 bits per heavy atom. The molecule has 0 fully saturated rings. The predicted molar refractivity (Wildman–Crippen MR) is 99.7 cm³/mol. The van der Waals surface area contributed by atoms with E-state index in [0.717, 1.165) is 50.6 Å². The lowest BCUT2D eigenvalue weighted by molar-refractivity contribution is -0.118. The Labute approximate surface area is 149 Å². The summed E-state index contributed by atoms with van der Waals surface area (Å²) in [5, 5.41) is 9.32. The van der Waals surface area contributed by atoms with E-state index in [1.165, 1.54) is 6.92 Å². The number of hydrogen-bond donors (Lipinski definition) is 3. The van der Waals surface area contributed by atoms with Gasteiger partial charge in [0.05, 0.1) is 6.26 Å². The van der Waals surface area contributed by atoms with E-state index in [1.54, 1.807) is 6.26 Å². The summed E-state index contributed by atoms with van der Waals surface area (Å²) in [6, 6.07) is 3.85. The van der Waals surface area contributed by atoms with Crippen LogP contribution in [-0.4, -0.2) is 38.0 Å². The maximum atomic E-state index is 10.8. The quantitative estimate of drug-likeness (QED) is 0.246. The van der Waals surface area contributed by atoms with Gasteiger partial charge < -0.3 is 20.4 Å². The molecule has 0 spiro atoms. The molecule has 0 atom stereocenters. The number of furan rings is 1. The van der Waals surface area contributed by atoms with Crippen LogP contribution in [0.5, 0.6) is 0 Å². The molecule has 0 aliphatic carbocycles. The van der Waals surface area contributed by atoms with Gasteiger partial charge in [-0.25, -0.2) is 0 Å². The van der Waals surface area contributed by atoms with E-state index in [1.807, 2.05) is 12.1 Å². The summed E-state index contributed by atoms with van der Waals surface area (Å²) in [4.78, 5) is 15.2. The molecule has 1 aromatic heterocycles. The van der Waals surface area contributed by atoms with Gasteiger partial charge in [-0.15, -0.1) is 24.0 Å². The Morgan fingerprint density at radius 1 is 1.23 bits per heavy atom. The highest BCUT2D eigenvalue weighted by Crippen LogP contribution is 1.99. The van der Waals surface area contributed by atoms with Gasteiger partial charge in [-0.1, -0.05) is 6.92 Å². The monoisotopic (exact) mass is 422 g/mol. The predicted octanol–water partition coefficient (Wildman–Crippen LogP) is 1.91. The van der Waals surface area contributed by atoms with Crippen molar-refractivity contribution >= 4 is 35.8 Å². The Hall–Kier alpha value is -1.25. The van der Waals surface area contributed by atoms with Crippen LogP contribution in [0.3, 0.4) is 0 Å². The van der Waals surface area contributed by atoms with Gasteiger partial charge in [-0.3, -0.25) is 9.79 Å². The third kappa shape index (κ3) is 10.5. The number of guanidine groups is 1. The van der Waals surface area contributed by atoms with Crippen molar-refractivity contribution in [3.05, 3.63) is 24.2 Å². The zero-order chi connectivity index (χ0) is 15.3. The third-order valence-corrected chi connectivity index (χ3v) is 2.76. The molecule has 0 aliphatic heterocycles. The van der Waals surface area contributed by atoms with Crippen molar-refractivity contribution in [1.82, 2.24) is 16.0 Å². The van der Waals surface area contributed by atoms with E-state index in [9.17, 15) is 4.79 Å². The van der Waals surface area contributed by atoms with E-state index in [0.29, 0.717) is 6.54 Å². The molecule has 126 valence electrons. The molecule has 0 unspecified atom stereocenters. The fourth-order valence-electron chi connectivity index (χ4n) is 1.72. The van der Waals surface area contributed by atoms with Crippen molar-refractivity contribution in [1.29, 1.82) is 0 Å². The van der Waals surface area contributed by atoms with Crippen LogP contribution < -0.4 is 16.0 Å². The Bertz CT molecular complexity index is 421. The van der Waals surface area contributed by atoms with Crippen LogP contribution in [0, 0.1) is 0 Å². The van der Waals surface area contributed by atoms with Crippen LogP contribution in [0.4, 0.5) is 0 Å². The first-order chi connectivity index (χ1) is 10.2. The van der Waals surface area contributed by atoms with E-state index in [2.05, 4.69) is 27.9 Å². The molecule has 7 heteroatoms. The van der Waals surface area contributed by atoms with Crippen LogP contribution in [0.1, 0.15) is 32.4 Å². The Kier molecular flexibility index (Phi) is 12.7. The summed E-state index contributed by atoms with van der Waals surface area (Å²) in [6.45, 7) is 6.64. The lowest BCUT2D eigenvalue weighted by atomic mass is 10.3. The maximum absolute atomic E-state index is 10.8. The van der Waals surface area contributed by atoms with Crippen LogP contribution in [0.25, 0.3) is 0 Å². The van der Waals surface area contributed by atoms with Crippen LogP contribution in [0.15, 0.2) is 27.8 Å². The van der Waals surface area contributed by atoms with Crippen LogP contribution >= 0.6 is 24.0 Å². The van der Waals surface area contributed by atoms with E-state index < -0.39 is 0 Å². The summed E-state index contributed by atoms with van der Waals surface area (Å²) < 4.78 is 5.29. The first-order valence-corrected chi connectivity index (χ1v) is 7.51. The smallest absolute Gasteiger partial charge is 0.216 e. The van der Waals surface area contributed by atoms with Gasteiger partial charge in [-0.05, 0) is 25.0 Å². The number of hydrogen-bond acceptors (Lipinski definition) is 3. The van der Waals surface area contributed by atoms with Gasteiger partial charge in [0.15, 0.2) is 5.96 Å². The summed E-state index contributed by atoms with van der Waals surface area (Å²) in [5.41, 5.74) is 0. The highest BCUT2D eigenvalue weighted by atomic mass is 127. The van der Waals surface area contributed by atoms with Gasteiger partial charge >= 0.3 is 0 Å². The molecule has 22 heavy (non-hydrogen) atoms. The average Bonchev–Trinajstić information content (AvgIpc) is 2.96. The fraction of sp³-hybridized carbons (Fsp3) is 0.600. The number of aliphatic imine (C=N–C) groups is 1. The standard InChI is InChI=1S/C15H26N4O2.HI/c1-3-8-17-15(18-10-5-9-16-13(2)20)19-11-7-14-6-4-12-21-14;/h4,6,12H,3,5,7-11H2,1-2H3,(H,16,20)(H2,17,18,19);1H. The summed E-state index contributed by atoms with van der Waals surface area (Å²) >= 11 is 0. The Balaban J connectivity index is 0.00000441. The van der Waals surface area contributed by atoms with Crippen molar-refractivity contribution < 1.29 is 9.21 Å². The molecule has 1 heterocycles. The number of nitrogens with one attached hydrogen (secondary N) is 3. The molecule has 1 aromatic rings. The number of amides is 1. The van der Waals surface area contributed by atoms with E-state index in [4.69, 9.17) is 4.42 Å². The highest BCUT2D eigenvalue weighted by molar-refractivity contribution is 14.0. The normalized spacial score (nSPS) is 10.7. The summed E-state index contributed by atoms with van der Waals surface area (Å²) in [6.07, 6.45) is 4.38. The molecule has 0 aromatic carbocycles. The minimum absolute atomic E-state index is 0. The molecule has 0 saturated heterocycles. The first kappa shape index (κ1) is 20.8. The summed E-state index contributed by atoms with van der Waals surface area (Å²) in [5.74, 6) is 1.78. The number of nitrogens with zero attached hydrogens (tertiary/aromatic N) is 1. The van der Waals surface area contributed by atoms with Gasteiger partial charge in [0, 0.05) is 39.5 Å². The second kappa shape index (κ2) is 13.4. The average molecular weight is 422 g/mol. The topological polar surface area (TPSA) is 78.7 Å². The number of halogens is 1. The highest BCUT2D eigenvalue weighted by Gasteiger charge is 2.00. The molecule has 0 aliphatic rings. The molecule has 6 nitrogen and oxygen atoms in total. The van der Waals surface area contributed by atoms with Crippen molar-refractivity contribution in [2.75, 3.05) is 26.2 Å². The molecular weight excluding hydrogens is 395 g/mol. The summed E-state index contributed by atoms with van der Waals surface area (Å²) in [7, 11) is 0. The Morgan fingerprint density at radius 3 is 2.59 bits per heavy atom. The van der Waals surface area contributed by atoms with Crippen LogP contribution in [0.2, 0.25) is 0 Å². The molecule has 0 bridgehead atoms. The van der Waals surface area contributed by atoms with E-state index >= 15 is 0 Å². The van der Waals surface area contributed by atoms with Crippen molar-refractivity contribution in [3.8, 4) is 0 Å². The fourth-order valence-corrected chi connectivity index (χ4v) is 1.72. The molecule has 0 radical (unpaired) electrons. The SMILES string of the molecule is CCCN=C(NCCCNC(C)=O)NCCc1ccco1.I. The molecule has 3 N–H and O–H groups in total. The molecule has 0 saturated carbocycles. The lowest BCUT2D eigenvalue weighted by Crippen LogP contribution is -2.39. The largest absolute Gasteiger partial charge is 0.469 e. The van der Waals surface area contributed by atoms with Gasteiger partial charge in [-0.2, -0.15) is 0 Å². The molecule has 1 rings (SSSR count). The zero-order valence-electron chi connectivity index (χ0n) is 13.4. The van der Waals surface area contributed by atoms with Crippen molar-refractivity contribution in [2.24, 2.45) is 4.99 Å². The second-order valence-corrected chi connectivity index (χ2v) is 4.75. The maximum Gasteiger partial charge on any atom is 0.216 e. The third-order valence-electron chi connectivity index (χ3n) is 2.76. The van der Waals surface area contributed by atoms with Gasteiger partial charge in [0.1, 0.15) is 5.76 Å². The van der Waals surface area contributed by atoms with E-state index in [-0.39, 0.29) is 29.9 Å². The molecule has 1 amide bonds. The first-order valence-electron chi connectivity index (χ1n) is 7.51. The second-order valence-electron chi connectivity index (χ2n) is 4.75. The number of rotatable bonds is 9. The van der Waals surface area contributed by atoms with Crippen molar-refractivity contribution in [2.45, 2.75) is 33.1 Å². The minimum Gasteiger partial charge on any atom is -0.469 e. The number of carbonyl (C=O) groups excluding carboxylic acids is 1. The lowest BCUT2D eigenvalue weighted by Gasteiger charge is -2.12. The number of carbonyl (C=O) groups is 1.